The van der Waals surface area contributed by atoms with Crippen LogP contribution in [0.4, 0.5) is 20.4 Å². The van der Waals surface area contributed by atoms with Crippen LogP contribution in [0.1, 0.15) is 42.6 Å². The topological polar surface area (TPSA) is 149 Å². The molecular weight excluding hydrogens is 564 g/mol. The second-order valence-electron chi connectivity index (χ2n) is 11.0. The Labute approximate surface area is 242 Å². The number of carbonyl (C=O) groups excluding carboxylic acids is 1. The van der Waals surface area contributed by atoms with Crippen molar-refractivity contribution in [3.8, 4) is 11.5 Å². The molecule has 214 valence electrons. The first-order valence-corrected chi connectivity index (χ1v) is 13.8. The minimum Gasteiger partial charge on any atom is -0.481 e. The lowest BCUT2D eigenvalue weighted by molar-refractivity contribution is -0.146. The van der Waals surface area contributed by atoms with Crippen LogP contribution in [0.15, 0.2) is 47.8 Å². The number of carboxylic acids is 1. The van der Waals surface area contributed by atoms with Gasteiger partial charge in [0.25, 0.3) is 0 Å². The Morgan fingerprint density at radius 3 is 2.67 bits per heavy atom. The van der Waals surface area contributed by atoms with Gasteiger partial charge in [0.15, 0.2) is 5.82 Å². The number of hydrogen-bond acceptors (Lipinski definition) is 8. The van der Waals surface area contributed by atoms with Gasteiger partial charge in [-0.05, 0) is 45.0 Å². The average Bonchev–Trinajstić information content (AvgIpc) is 3.60. The fourth-order valence-electron chi connectivity index (χ4n) is 5.08. The van der Waals surface area contributed by atoms with Crippen molar-refractivity contribution in [2.45, 2.75) is 39.2 Å². The van der Waals surface area contributed by atoms with E-state index in [-0.39, 0.29) is 36.1 Å². The predicted octanol–water partition coefficient (Wildman–Crippen LogP) is 4.77. The number of carboxylic acid groups (broad SMARTS) is 1. The number of thiazole rings is 1. The minimum absolute atomic E-state index is 0.0254. The highest BCUT2D eigenvalue weighted by Gasteiger charge is 2.50. The Balaban J connectivity index is 1.42. The molecule has 1 amide bonds. The quantitative estimate of drug-likeness (QED) is 0.246. The molecule has 2 aromatic carbocycles. The molecule has 42 heavy (non-hydrogen) atoms. The highest BCUT2D eigenvalue weighted by atomic mass is 32.1. The molecule has 1 aliphatic heterocycles. The van der Waals surface area contributed by atoms with Crippen LogP contribution in [-0.2, 0) is 28.0 Å². The summed E-state index contributed by atoms with van der Waals surface area (Å²) in [6.07, 6.45) is 0.178. The monoisotopic (exact) mass is 589 g/mol. The Morgan fingerprint density at radius 1 is 1.17 bits per heavy atom. The minimum atomic E-state index is -1.32. The number of aromatic nitrogens is 5. The van der Waals surface area contributed by atoms with E-state index in [0.29, 0.717) is 32.7 Å². The zero-order valence-electron chi connectivity index (χ0n) is 22.8. The number of hydrogen-bond donors (Lipinski definition) is 3. The second-order valence-corrected chi connectivity index (χ2v) is 11.9. The Hall–Kier alpha value is -4.78. The molecule has 1 aliphatic rings. The van der Waals surface area contributed by atoms with Gasteiger partial charge in [-0.1, -0.05) is 18.2 Å². The zero-order valence-corrected chi connectivity index (χ0v) is 23.6. The maximum Gasteiger partial charge on any atom is 0.309 e. The highest BCUT2D eigenvalue weighted by Crippen LogP contribution is 2.46. The van der Waals surface area contributed by atoms with Gasteiger partial charge < -0.3 is 16.2 Å². The molecule has 0 spiro atoms. The number of nitrogens with two attached hydrogens (primary N) is 1. The molecule has 6 rings (SSSR count). The number of nitrogens with zero attached hydrogens (tertiary/aromatic N) is 5. The normalized spacial score (nSPS) is 16.5. The number of nitrogens with one attached hydrogen (secondary N) is 1. The number of nitrogen functional groups attached to an aromatic ring is 1. The molecule has 4 N–H and O–H groups in total. The molecule has 0 radical (unpaired) electrons. The molecular formula is C29H25F2N7O3S. The van der Waals surface area contributed by atoms with E-state index in [1.807, 2.05) is 0 Å². The van der Waals surface area contributed by atoms with E-state index >= 15 is 0 Å². The third-order valence-electron chi connectivity index (χ3n) is 7.51. The average molecular weight is 590 g/mol. The van der Waals surface area contributed by atoms with Crippen molar-refractivity contribution in [1.82, 2.24) is 24.7 Å². The molecule has 0 saturated heterocycles. The number of anilines is 2. The molecule has 10 nitrogen and oxygen atoms in total. The van der Waals surface area contributed by atoms with E-state index in [2.05, 4.69) is 25.4 Å². The van der Waals surface area contributed by atoms with Crippen molar-refractivity contribution in [3.05, 3.63) is 81.3 Å². The van der Waals surface area contributed by atoms with Crippen LogP contribution in [0.25, 0.3) is 22.4 Å². The van der Waals surface area contributed by atoms with Crippen LogP contribution in [-0.4, -0.2) is 41.7 Å². The summed E-state index contributed by atoms with van der Waals surface area (Å²) in [6, 6.07) is 10.4. The molecule has 13 heteroatoms. The molecule has 1 atom stereocenters. The maximum atomic E-state index is 14.4. The van der Waals surface area contributed by atoms with E-state index in [1.54, 1.807) is 44.4 Å². The first-order chi connectivity index (χ1) is 19.9. The SMILES string of the molecule is CC(C)(Cc1csc(C2(C)C(=O)Nc3nc(-c4nn(Cc5ccccc5F)c5cc(F)ccc45)nc(N)c32)n1)C(=O)O. The molecule has 0 saturated carbocycles. The van der Waals surface area contributed by atoms with Gasteiger partial charge in [0.1, 0.15) is 39.4 Å². The van der Waals surface area contributed by atoms with Gasteiger partial charge in [-0.3, -0.25) is 14.3 Å². The number of carbonyl (C=O) groups is 2. The smallest absolute Gasteiger partial charge is 0.309 e. The largest absolute Gasteiger partial charge is 0.481 e. The summed E-state index contributed by atoms with van der Waals surface area (Å²) in [6.45, 7) is 4.92. The van der Waals surface area contributed by atoms with Crippen molar-refractivity contribution >= 4 is 45.8 Å². The highest BCUT2D eigenvalue weighted by molar-refractivity contribution is 7.10. The van der Waals surface area contributed by atoms with Gasteiger partial charge in [-0.15, -0.1) is 11.3 Å². The van der Waals surface area contributed by atoms with Crippen LogP contribution < -0.4 is 11.1 Å². The van der Waals surface area contributed by atoms with Gasteiger partial charge in [0.2, 0.25) is 5.91 Å². The van der Waals surface area contributed by atoms with Crippen LogP contribution in [0.3, 0.4) is 0 Å². The summed E-state index contributed by atoms with van der Waals surface area (Å²) in [5.41, 5.74) is 6.05. The molecule has 4 heterocycles. The molecule has 1 unspecified atom stereocenters. The molecule has 0 aliphatic carbocycles. The van der Waals surface area contributed by atoms with Gasteiger partial charge >= 0.3 is 5.97 Å². The van der Waals surface area contributed by atoms with E-state index in [0.717, 1.165) is 0 Å². The van der Waals surface area contributed by atoms with Crippen LogP contribution in [0.2, 0.25) is 0 Å². The molecule has 0 bridgehead atoms. The number of rotatable bonds is 7. The summed E-state index contributed by atoms with van der Waals surface area (Å²) >= 11 is 1.23. The van der Waals surface area contributed by atoms with Crippen LogP contribution in [0.5, 0.6) is 0 Å². The van der Waals surface area contributed by atoms with Crippen molar-refractivity contribution in [3.63, 3.8) is 0 Å². The molecule has 0 fully saturated rings. The zero-order chi connectivity index (χ0) is 30.0. The van der Waals surface area contributed by atoms with Crippen molar-refractivity contribution in [1.29, 1.82) is 0 Å². The lowest BCUT2D eigenvalue weighted by Gasteiger charge is -2.20. The predicted molar refractivity (Wildman–Crippen MR) is 153 cm³/mol. The second kappa shape index (κ2) is 9.65. The number of halogens is 2. The standard InChI is InChI=1S/C29H25F2N7O3S/c1-28(2,27(40)41)11-16-13-42-26(33-16)29(3)20-22(32)34-24(35-23(20)36-25(29)39)21-17-9-8-15(30)10-19(17)38(37-21)12-14-6-4-5-7-18(14)31/h4-10,13H,11-12H2,1-3H3,(H,40,41)(H3,32,34,35,36,39). The van der Waals surface area contributed by atoms with Crippen LogP contribution >= 0.6 is 11.3 Å². The van der Waals surface area contributed by atoms with Gasteiger partial charge in [-0.25, -0.2) is 23.7 Å². The van der Waals surface area contributed by atoms with Crippen molar-refractivity contribution < 1.29 is 23.5 Å². The Morgan fingerprint density at radius 2 is 1.93 bits per heavy atom. The van der Waals surface area contributed by atoms with Crippen LogP contribution in [0, 0.1) is 17.0 Å². The fraction of sp³-hybridized carbons (Fsp3) is 0.241. The van der Waals surface area contributed by atoms with Crippen molar-refractivity contribution in [2.24, 2.45) is 5.41 Å². The van der Waals surface area contributed by atoms with Gasteiger partial charge in [0, 0.05) is 22.8 Å². The van der Waals surface area contributed by atoms with Gasteiger partial charge in [0.05, 0.1) is 28.7 Å². The maximum absolute atomic E-state index is 14.4. The van der Waals surface area contributed by atoms with E-state index in [9.17, 15) is 23.5 Å². The number of benzene rings is 2. The third-order valence-corrected chi connectivity index (χ3v) is 8.62. The lowest BCUT2D eigenvalue weighted by Crippen LogP contribution is -2.33. The van der Waals surface area contributed by atoms with E-state index in [1.165, 1.54) is 40.3 Å². The summed E-state index contributed by atoms with van der Waals surface area (Å²) in [4.78, 5) is 38.7. The van der Waals surface area contributed by atoms with E-state index in [4.69, 9.17) is 5.73 Å². The number of amides is 1. The third kappa shape index (κ3) is 4.36. The summed E-state index contributed by atoms with van der Waals surface area (Å²) in [5.74, 6) is -1.96. The summed E-state index contributed by atoms with van der Waals surface area (Å²) in [7, 11) is 0. The number of aliphatic carboxylic acids is 1. The van der Waals surface area contributed by atoms with Gasteiger partial charge in [-0.2, -0.15) is 5.10 Å². The molecule has 3 aromatic heterocycles. The van der Waals surface area contributed by atoms with Crippen molar-refractivity contribution in [2.75, 3.05) is 11.1 Å². The lowest BCUT2D eigenvalue weighted by atomic mass is 9.85. The molecule has 5 aromatic rings. The summed E-state index contributed by atoms with van der Waals surface area (Å²) < 4.78 is 30.2. The first kappa shape index (κ1) is 27.4. The summed E-state index contributed by atoms with van der Waals surface area (Å²) in [5, 5.41) is 19.6. The fourth-order valence-corrected chi connectivity index (χ4v) is 6.07. The Kier molecular flexibility index (Phi) is 6.30. The Bertz CT molecular complexity index is 1920. The van der Waals surface area contributed by atoms with E-state index < -0.39 is 34.3 Å². The number of fused-ring (bicyclic) bond motifs is 2. The first-order valence-electron chi connectivity index (χ1n) is 13.0.